The van der Waals surface area contributed by atoms with Gasteiger partial charge in [-0.15, -0.1) is 0 Å². The van der Waals surface area contributed by atoms with Crippen LogP contribution in [0.15, 0.2) is 12.1 Å². The third-order valence-electron chi connectivity index (χ3n) is 3.82. The van der Waals surface area contributed by atoms with Gasteiger partial charge in [-0.1, -0.05) is 12.5 Å². The van der Waals surface area contributed by atoms with Crippen LogP contribution in [-0.2, 0) is 11.3 Å². The average molecular weight is 263 g/mol. The molecule has 19 heavy (non-hydrogen) atoms. The van der Waals surface area contributed by atoms with Crippen molar-refractivity contribution in [1.82, 2.24) is 5.32 Å². The minimum absolute atomic E-state index is 0.412. The highest BCUT2D eigenvalue weighted by Gasteiger charge is 2.24. The molecule has 0 radical (unpaired) electrons. The van der Waals surface area contributed by atoms with Gasteiger partial charge in [0, 0.05) is 18.7 Å². The zero-order valence-corrected chi connectivity index (χ0v) is 11.4. The minimum Gasteiger partial charge on any atom is -0.486 e. The molecular formula is C15H21NO3. The van der Waals surface area contributed by atoms with E-state index >= 15 is 0 Å². The molecule has 2 aliphatic rings. The molecule has 104 valence electrons. The van der Waals surface area contributed by atoms with Crippen molar-refractivity contribution in [3.8, 4) is 11.5 Å². The van der Waals surface area contributed by atoms with Crippen LogP contribution in [0.3, 0.4) is 0 Å². The standard InChI is InChI=1S/C15H21NO3/c1-17-10-12-11(13-4-2-3-7-16-13)5-6-14-15(12)19-9-8-18-14/h5-6,13,16H,2-4,7-10H2,1H3. The number of ether oxygens (including phenoxy) is 3. The number of nitrogens with one attached hydrogen (secondary N) is 1. The van der Waals surface area contributed by atoms with Crippen molar-refractivity contribution in [2.24, 2.45) is 0 Å². The molecule has 1 fully saturated rings. The minimum atomic E-state index is 0.412. The summed E-state index contributed by atoms with van der Waals surface area (Å²) >= 11 is 0. The average Bonchev–Trinajstić information content (AvgIpc) is 2.49. The first kappa shape index (κ1) is 12.8. The normalized spacial score (nSPS) is 22.3. The Kier molecular flexibility index (Phi) is 3.89. The van der Waals surface area contributed by atoms with Crippen molar-refractivity contribution >= 4 is 0 Å². The molecule has 1 atom stereocenters. The molecule has 0 spiro atoms. The van der Waals surface area contributed by atoms with Crippen molar-refractivity contribution in [3.63, 3.8) is 0 Å². The molecule has 1 aromatic carbocycles. The van der Waals surface area contributed by atoms with E-state index in [0.717, 1.165) is 23.6 Å². The molecule has 0 aliphatic carbocycles. The molecule has 2 heterocycles. The number of benzene rings is 1. The third kappa shape index (κ3) is 2.55. The summed E-state index contributed by atoms with van der Waals surface area (Å²) in [7, 11) is 1.72. The van der Waals surface area contributed by atoms with E-state index < -0.39 is 0 Å². The molecule has 1 unspecified atom stereocenters. The maximum absolute atomic E-state index is 5.81. The lowest BCUT2D eigenvalue weighted by atomic mass is 9.93. The van der Waals surface area contributed by atoms with Gasteiger partial charge in [0.05, 0.1) is 6.61 Å². The van der Waals surface area contributed by atoms with Crippen LogP contribution in [-0.4, -0.2) is 26.9 Å². The molecule has 4 heteroatoms. The van der Waals surface area contributed by atoms with Gasteiger partial charge >= 0.3 is 0 Å². The summed E-state index contributed by atoms with van der Waals surface area (Å²) in [6.07, 6.45) is 3.72. The first-order valence-corrected chi connectivity index (χ1v) is 7.04. The van der Waals surface area contributed by atoms with Gasteiger partial charge in [-0.3, -0.25) is 0 Å². The molecule has 0 amide bonds. The highest BCUT2D eigenvalue weighted by Crippen LogP contribution is 2.39. The summed E-state index contributed by atoms with van der Waals surface area (Å²) in [5.74, 6) is 1.72. The number of methoxy groups -OCH3 is 1. The number of hydrogen-bond acceptors (Lipinski definition) is 4. The van der Waals surface area contributed by atoms with E-state index in [1.165, 1.54) is 24.8 Å². The van der Waals surface area contributed by atoms with Crippen molar-refractivity contribution < 1.29 is 14.2 Å². The molecule has 1 N–H and O–H groups in total. The SMILES string of the molecule is COCc1c(C2CCCCN2)ccc2c1OCCO2. The summed E-state index contributed by atoms with van der Waals surface area (Å²) in [6.45, 7) is 2.90. The number of piperidine rings is 1. The number of hydrogen-bond donors (Lipinski definition) is 1. The van der Waals surface area contributed by atoms with Crippen molar-refractivity contribution in [2.45, 2.75) is 31.9 Å². The van der Waals surface area contributed by atoms with Crippen molar-refractivity contribution in [1.29, 1.82) is 0 Å². The number of rotatable bonds is 3. The smallest absolute Gasteiger partial charge is 0.167 e. The first-order valence-electron chi connectivity index (χ1n) is 7.04. The lowest BCUT2D eigenvalue weighted by Crippen LogP contribution is -2.28. The molecule has 2 aliphatic heterocycles. The van der Waals surface area contributed by atoms with E-state index in [4.69, 9.17) is 14.2 Å². The zero-order valence-electron chi connectivity index (χ0n) is 11.4. The summed E-state index contributed by atoms with van der Waals surface area (Å²) < 4.78 is 16.8. The Bertz CT molecular complexity index is 441. The van der Waals surface area contributed by atoms with Crippen LogP contribution in [0.25, 0.3) is 0 Å². The van der Waals surface area contributed by atoms with Crippen LogP contribution < -0.4 is 14.8 Å². The molecule has 3 rings (SSSR count). The van der Waals surface area contributed by atoms with Crippen LogP contribution in [0.2, 0.25) is 0 Å². The van der Waals surface area contributed by atoms with E-state index in [0.29, 0.717) is 25.9 Å². The fraction of sp³-hybridized carbons (Fsp3) is 0.600. The molecule has 0 bridgehead atoms. The highest BCUT2D eigenvalue weighted by atomic mass is 16.6. The quantitative estimate of drug-likeness (QED) is 0.909. The predicted molar refractivity (Wildman–Crippen MR) is 72.7 cm³/mol. The van der Waals surface area contributed by atoms with E-state index in [2.05, 4.69) is 11.4 Å². The van der Waals surface area contributed by atoms with Gasteiger partial charge in [-0.05, 0) is 31.0 Å². The molecule has 1 saturated heterocycles. The maximum atomic E-state index is 5.81. The Morgan fingerprint density at radius 2 is 2.16 bits per heavy atom. The van der Waals surface area contributed by atoms with Crippen molar-refractivity contribution in [3.05, 3.63) is 23.3 Å². The van der Waals surface area contributed by atoms with Crippen molar-refractivity contribution in [2.75, 3.05) is 26.9 Å². The van der Waals surface area contributed by atoms with E-state index in [9.17, 15) is 0 Å². The summed E-state index contributed by atoms with van der Waals surface area (Å²) in [5.41, 5.74) is 2.44. The predicted octanol–water partition coefficient (Wildman–Crippen LogP) is 2.42. The Balaban J connectivity index is 1.97. The molecule has 1 aromatic rings. The van der Waals surface area contributed by atoms with Gasteiger partial charge in [0.25, 0.3) is 0 Å². The summed E-state index contributed by atoms with van der Waals surface area (Å²) in [6, 6.07) is 4.60. The maximum Gasteiger partial charge on any atom is 0.167 e. The Morgan fingerprint density at radius 1 is 1.26 bits per heavy atom. The Morgan fingerprint density at radius 3 is 2.95 bits per heavy atom. The first-order chi connectivity index (χ1) is 9.40. The van der Waals surface area contributed by atoms with Gasteiger partial charge in [0.15, 0.2) is 11.5 Å². The fourth-order valence-electron chi connectivity index (χ4n) is 2.93. The van der Waals surface area contributed by atoms with Gasteiger partial charge < -0.3 is 19.5 Å². The number of fused-ring (bicyclic) bond motifs is 1. The van der Waals surface area contributed by atoms with Crippen LogP contribution in [0.1, 0.15) is 36.4 Å². The largest absolute Gasteiger partial charge is 0.486 e. The summed E-state index contributed by atoms with van der Waals surface area (Å²) in [5, 5.41) is 3.59. The van der Waals surface area contributed by atoms with E-state index in [1.807, 2.05) is 6.07 Å². The fourth-order valence-corrected chi connectivity index (χ4v) is 2.93. The highest BCUT2D eigenvalue weighted by molar-refractivity contribution is 5.52. The second kappa shape index (κ2) is 5.80. The van der Waals surface area contributed by atoms with Crippen LogP contribution >= 0.6 is 0 Å². The molecule has 4 nitrogen and oxygen atoms in total. The molecule has 0 saturated carbocycles. The van der Waals surface area contributed by atoms with Gasteiger partial charge in [-0.25, -0.2) is 0 Å². The zero-order chi connectivity index (χ0) is 13.1. The molecular weight excluding hydrogens is 242 g/mol. The van der Waals surface area contributed by atoms with E-state index in [1.54, 1.807) is 7.11 Å². The Hall–Kier alpha value is -1.26. The topological polar surface area (TPSA) is 39.7 Å². The van der Waals surface area contributed by atoms with Gasteiger partial charge in [-0.2, -0.15) is 0 Å². The lowest BCUT2D eigenvalue weighted by molar-refractivity contribution is 0.151. The second-order valence-electron chi connectivity index (χ2n) is 5.09. The third-order valence-corrected chi connectivity index (χ3v) is 3.82. The van der Waals surface area contributed by atoms with Gasteiger partial charge in [0.1, 0.15) is 13.2 Å². The van der Waals surface area contributed by atoms with E-state index in [-0.39, 0.29) is 0 Å². The second-order valence-corrected chi connectivity index (χ2v) is 5.09. The van der Waals surface area contributed by atoms with Crippen LogP contribution in [0.5, 0.6) is 11.5 Å². The lowest BCUT2D eigenvalue weighted by Gasteiger charge is -2.29. The Labute approximate surface area is 114 Å². The summed E-state index contributed by atoms with van der Waals surface area (Å²) in [4.78, 5) is 0. The van der Waals surface area contributed by atoms with Crippen LogP contribution in [0, 0.1) is 0 Å². The molecule has 0 aromatic heterocycles. The van der Waals surface area contributed by atoms with Crippen LogP contribution in [0.4, 0.5) is 0 Å². The van der Waals surface area contributed by atoms with Gasteiger partial charge in [0.2, 0.25) is 0 Å². The monoisotopic (exact) mass is 263 g/mol.